The van der Waals surface area contributed by atoms with E-state index in [-0.39, 0.29) is 4.83 Å². The van der Waals surface area contributed by atoms with E-state index in [0.29, 0.717) is 0 Å². The molecule has 2 aromatic rings. The summed E-state index contributed by atoms with van der Waals surface area (Å²) in [7, 11) is 1.72. The third-order valence-corrected chi connectivity index (χ3v) is 5.71. The zero-order valence-electron chi connectivity index (χ0n) is 11.5. The van der Waals surface area contributed by atoms with E-state index < -0.39 is 0 Å². The van der Waals surface area contributed by atoms with Crippen molar-refractivity contribution in [3.05, 3.63) is 60.6 Å². The van der Waals surface area contributed by atoms with Crippen LogP contribution in [0.5, 0.6) is 5.75 Å². The topological polar surface area (TPSA) is 9.23 Å². The van der Waals surface area contributed by atoms with Crippen LogP contribution >= 0.6 is 54.5 Å². The average Bonchev–Trinajstić information content (AvgIpc) is 2.40. The van der Waals surface area contributed by atoms with E-state index in [1.54, 1.807) is 7.11 Å². The third-order valence-electron chi connectivity index (χ3n) is 3.21. The highest BCUT2D eigenvalue weighted by Gasteiger charge is 2.16. The Morgan fingerprint density at radius 3 is 2.25 bits per heavy atom. The molecule has 0 aromatic heterocycles. The van der Waals surface area contributed by atoms with Crippen molar-refractivity contribution in [1.82, 2.24) is 0 Å². The Balaban J connectivity index is 2.48. The first kappa shape index (κ1) is 16.3. The molecule has 0 aliphatic carbocycles. The van der Waals surface area contributed by atoms with E-state index >= 15 is 0 Å². The molecule has 1 nitrogen and oxygen atoms in total. The van der Waals surface area contributed by atoms with Crippen LogP contribution in [-0.2, 0) is 0 Å². The monoisotopic (exact) mass is 508 g/mol. The van der Waals surface area contributed by atoms with Gasteiger partial charge in [0.25, 0.3) is 0 Å². The Labute approximate surface area is 150 Å². The van der Waals surface area contributed by atoms with Crippen molar-refractivity contribution >= 4 is 54.5 Å². The second-order valence-electron chi connectivity index (χ2n) is 4.72. The number of benzene rings is 2. The van der Waals surface area contributed by atoms with Gasteiger partial charge < -0.3 is 4.74 Å². The first-order valence-corrected chi connectivity index (χ1v) is 8.97. The summed E-state index contributed by atoms with van der Waals surface area (Å²) in [5.74, 6) is 0.970. The summed E-state index contributed by atoms with van der Waals surface area (Å²) in [6, 6.07) is 10.7. The minimum Gasteiger partial charge on any atom is -0.496 e. The van der Waals surface area contributed by atoms with Gasteiger partial charge in [0, 0.05) is 8.04 Å². The molecule has 0 bridgehead atoms. The van der Waals surface area contributed by atoms with Crippen LogP contribution in [-0.4, -0.2) is 7.11 Å². The molecular formula is C16H15Br2IO. The predicted octanol–water partition coefficient (Wildman–Crippen LogP) is 6.16. The quantitative estimate of drug-likeness (QED) is 0.355. The van der Waals surface area contributed by atoms with Gasteiger partial charge in [-0.1, -0.05) is 44.0 Å². The molecule has 2 rings (SSSR count). The number of hydrogen-bond donors (Lipinski definition) is 0. The molecule has 4 heteroatoms. The molecule has 0 saturated heterocycles. The molecular weight excluding hydrogens is 495 g/mol. The molecule has 106 valence electrons. The molecule has 0 spiro atoms. The van der Waals surface area contributed by atoms with Crippen LogP contribution in [0.15, 0.2) is 34.8 Å². The number of methoxy groups -OCH3 is 1. The second-order valence-corrected chi connectivity index (χ2v) is 7.71. The van der Waals surface area contributed by atoms with Crippen LogP contribution in [0.4, 0.5) is 0 Å². The van der Waals surface area contributed by atoms with Crippen LogP contribution in [0.1, 0.15) is 27.1 Å². The highest BCUT2D eigenvalue weighted by molar-refractivity contribution is 14.1. The Bertz CT molecular complexity index is 617. The maximum Gasteiger partial charge on any atom is 0.124 e. The summed E-state index contributed by atoms with van der Waals surface area (Å²) in [4.78, 5) is 0.176. The normalized spacial score (nSPS) is 12.3. The van der Waals surface area contributed by atoms with Crippen molar-refractivity contribution in [2.45, 2.75) is 18.7 Å². The van der Waals surface area contributed by atoms with Gasteiger partial charge in [-0.3, -0.25) is 0 Å². The molecule has 0 radical (unpaired) electrons. The summed E-state index contributed by atoms with van der Waals surface area (Å²) >= 11 is 9.75. The van der Waals surface area contributed by atoms with Crippen molar-refractivity contribution in [3.63, 3.8) is 0 Å². The average molecular weight is 510 g/mol. The maximum absolute atomic E-state index is 5.43. The van der Waals surface area contributed by atoms with Crippen LogP contribution in [0.3, 0.4) is 0 Å². The highest BCUT2D eigenvalue weighted by atomic mass is 127. The van der Waals surface area contributed by atoms with Crippen LogP contribution in [0.2, 0.25) is 0 Å². The molecule has 0 amide bonds. The van der Waals surface area contributed by atoms with Crippen molar-refractivity contribution in [1.29, 1.82) is 0 Å². The van der Waals surface area contributed by atoms with Crippen molar-refractivity contribution in [2.75, 3.05) is 7.11 Å². The van der Waals surface area contributed by atoms with Gasteiger partial charge in [-0.15, -0.1) is 0 Å². The zero-order valence-corrected chi connectivity index (χ0v) is 16.8. The Kier molecular flexibility index (Phi) is 5.54. The van der Waals surface area contributed by atoms with Gasteiger partial charge in [0.2, 0.25) is 0 Å². The Hall–Kier alpha value is -0.0700. The molecule has 1 unspecified atom stereocenters. The minimum atomic E-state index is 0.176. The summed E-state index contributed by atoms with van der Waals surface area (Å²) in [5, 5.41) is 0. The van der Waals surface area contributed by atoms with E-state index in [2.05, 4.69) is 98.6 Å². The summed E-state index contributed by atoms with van der Waals surface area (Å²) in [5.41, 5.74) is 4.84. The lowest BCUT2D eigenvalue weighted by atomic mass is 9.99. The van der Waals surface area contributed by atoms with E-state index in [0.717, 1.165) is 21.3 Å². The fourth-order valence-corrected chi connectivity index (χ4v) is 4.44. The lowest BCUT2D eigenvalue weighted by Crippen LogP contribution is -1.99. The number of halogens is 3. The second kappa shape index (κ2) is 6.79. The summed E-state index contributed by atoms with van der Waals surface area (Å²) < 4.78 is 7.78. The molecule has 0 fully saturated rings. The number of aryl methyl sites for hydroxylation is 2. The summed E-state index contributed by atoms with van der Waals surface area (Å²) in [6.45, 7) is 4.17. The molecule has 0 heterocycles. The van der Waals surface area contributed by atoms with Gasteiger partial charge in [-0.05, 0) is 76.9 Å². The van der Waals surface area contributed by atoms with Gasteiger partial charge in [-0.2, -0.15) is 0 Å². The molecule has 0 aliphatic heterocycles. The Morgan fingerprint density at radius 1 is 1.10 bits per heavy atom. The largest absolute Gasteiger partial charge is 0.496 e. The van der Waals surface area contributed by atoms with Gasteiger partial charge in [0.15, 0.2) is 0 Å². The minimum absolute atomic E-state index is 0.176. The first-order valence-electron chi connectivity index (χ1n) is 6.18. The lowest BCUT2D eigenvalue weighted by molar-refractivity contribution is 0.408. The Morgan fingerprint density at radius 2 is 1.70 bits per heavy atom. The molecule has 0 aliphatic rings. The number of alkyl halides is 1. The summed E-state index contributed by atoms with van der Waals surface area (Å²) in [6.07, 6.45) is 0. The fraction of sp³-hybridized carbons (Fsp3) is 0.250. The standard InChI is InChI=1S/C16H15Br2IO/c1-9-6-11(7-10(2)16(9)20-3)15(18)13-8-12(17)4-5-14(13)19/h4-8,15H,1-3H3. The van der Waals surface area contributed by atoms with Gasteiger partial charge in [-0.25, -0.2) is 0 Å². The van der Waals surface area contributed by atoms with Crippen molar-refractivity contribution in [3.8, 4) is 5.75 Å². The predicted molar refractivity (Wildman–Crippen MR) is 100 cm³/mol. The number of ether oxygens (including phenoxy) is 1. The zero-order chi connectivity index (χ0) is 14.9. The van der Waals surface area contributed by atoms with E-state index in [4.69, 9.17) is 4.74 Å². The van der Waals surface area contributed by atoms with E-state index in [9.17, 15) is 0 Å². The van der Waals surface area contributed by atoms with Gasteiger partial charge in [0.05, 0.1) is 11.9 Å². The molecule has 20 heavy (non-hydrogen) atoms. The van der Waals surface area contributed by atoms with Crippen molar-refractivity contribution < 1.29 is 4.74 Å². The van der Waals surface area contributed by atoms with Crippen LogP contribution < -0.4 is 4.74 Å². The molecule has 2 aromatic carbocycles. The third kappa shape index (κ3) is 3.39. The van der Waals surface area contributed by atoms with Crippen LogP contribution in [0.25, 0.3) is 0 Å². The number of rotatable bonds is 3. The van der Waals surface area contributed by atoms with E-state index in [1.807, 2.05) is 0 Å². The SMILES string of the molecule is COc1c(C)cc(C(Br)c2cc(Br)ccc2I)cc1C. The van der Waals surface area contributed by atoms with Gasteiger partial charge >= 0.3 is 0 Å². The first-order chi connectivity index (χ1) is 9.43. The van der Waals surface area contributed by atoms with Gasteiger partial charge in [0.1, 0.15) is 5.75 Å². The van der Waals surface area contributed by atoms with Crippen molar-refractivity contribution in [2.24, 2.45) is 0 Å². The fourth-order valence-electron chi connectivity index (χ4n) is 2.34. The highest BCUT2D eigenvalue weighted by Crippen LogP contribution is 2.37. The molecule has 1 atom stereocenters. The molecule has 0 N–H and O–H groups in total. The van der Waals surface area contributed by atoms with E-state index in [1.165, 1.54) is 14.7 Å². The van der Waals surface area contributed by atoms with Crippen LogP contribution in [0, 0.1) is 17.4 Å². The lowest BCUT2D eigenvalue weighted by Gasteiger charge is -2.17. The number of hydrogen-bond acceptors (Lipinski definition) is 1. The maximum atomic E-state index is 5.43. The smallest absolute Gasteiger partial charge is 0.124 e. The molecule has 0 saturated carbocycles.